The Morgan fingerprint density at radius 1 is 0.432 bits per heavy atom. The lowest BCUT2D eigenvalue weighted by Gasteiger charge is -2.27. The minimum absolute atomic E-state index is 0.0291. The monoisotopic (exact) mass is 1160 g/mol. The van der Waals surface area contributed by atoms with E-state index in [9.17, 15) is 19.0 Å². The molecule has 0 saturated carbocycles. The van der Waals surface area contributed by atoms with E-state index in [1.54, 1.807) is 0 Å². The van der Waals surface area contributed by atoms with Gasteiger partial charge < -0.3 is 19.4 Å². The van der Waals surface area contributed by atoms with Crippen molar-refractivity contribution in [3.63, 3.8) is 0 Å². The van der Waals surface area contributed by atoms with Gasteiger partial charge in [0, 0.05) is 12.8 Å². The van der Waals surface area contributed by atoms with Crippen molar-refractivity contribution < 1.29 is 37.3 Å². The first-order valence-corrected chi connectivity index (χ1v) is 35.8. The Bertz CT molecular complexity index is 1620. The lowest BCUT2D eigenvalue weighted by molar-refractivity contribution is -0.870. The normalized spacial score (nSPS) is 14.0. The third-order valence-electron chi connectivity index (χ3n) is 15.1. The maximum Gasteiger partial charge on any atom is 0.472 e. The van der Waals surface area contributed by atoms with Crippen LogP contribution in [0.3, 0.4) is 0 Å². The highest BCUT2D eigenvalue weighted by atomic mass is 31.2. The fourth-order valence-corrected chi connectivity index (χ4v) is 10.5. The molecular weight excluding hydrogens is 1020 g/mol. The van der Waals surface area contributed by atoms with Crippen LogP contribution in [0, 0.1) is 0 Å². The standard InChI is InChI=1S/C71H131N2O7P/c1-7-10-13-16-19-22-25-28-30-32-33-34-35-36-37-38-39-41-43-46-49-52-55-58-61-64-71(75)80-69(62-59-56-53-50-47-44-27-24-21-18-15-12-9-3)68(67-79-81(76,77)78-66-65-73(4,5)6)72-70(74)63-60-57-54-51-48-45-42-40-31-29-26-23-20-17-14-11-8-2/h20,23,28-31,42,45,51,54,59,62,68-69H,7-19,21-22,24-27,32-41,43-44,46-50,52-53,55-58,60-61,63-67H2,1-6H3,(H-,72,74,76,77)/p+1/b23-20-,30-28+,31-29-,45-42-,54-51-,62-59-. The lowest BCUT2D eigenvalue weighted by Crippen LogP contribution is -2.47. The molecule has 3 unspecified atom stereocenters. The molecule has 0 radical (unpaired) electrons. The van der Waals surface area contributed by atoms with Gasteiger partial charge in [0.1, 0.15) is 19.3 Å². The molecule has 0 aliphatic rings. The van der Waals surface area contributed by atoms with Gasteiger partial charge in [0.2, 0.25) is 5.91 Å². The van der Waals surface area contributed by atoms with Crippen molar-refractivity contribution in [2.75, 3.05) is 40.9 Å². The van der Waals surface area contributed by atoms with Crippen LogP contribution < -0.4 is 5.32 Å². The van der Waals surface area contributed by atoms with Crippen molar-refractivity contribution in [3.8, 4) is 0 Å². The first kappa shape index (κ1) is 78.5. The fourth-order valence-electron chi connectivity index (χ4n) is 9.81. The number of allylic oxidation sites excluding steroid dienone is 11. The predicted molar refractivity (Wildman–Crippen MR) is 351 cm³/mol. The van der Waals surface area contributed by atoms with E-state index in [0.29, 0.717) is 17.4 Å². The van der Waals surface area contributed by atoms with Gasteiger partial charge in [-0.3, -0.25) is 18.6 Å². The number of phosphoric acid groups is 1. The molecule has 472 valence electrons. The molecule has 0 spiro atoms. The molecule has 9 nitrogen and oxygen atoms in total. The van der Waals surface area contributed by atoms with Crippen LogP contribution in [0.2, 0.25) is 0 Å². The number of likely N-dealkylation sites (N-methyl/N-ethyl adjacent to an activating group) is 1. The summed E-state index contributed by atoms with van der Waals surface area (Å²) in [5.41, 5.74) is 0. The number of nitrogens with zero attached hydrogens (tertiary/aromatic N) is 1. The molecule has 2 N–H and O–H groups in total. The van der Waals surface area contributed by atoms with Crippen LogP contribution in [-0.2, 0) is 27.9 Å². The molecule has 0 aromatic heterocycles. The Morgan fingerprint density at radius 3 is 1.19 bits per heavy atom. The summed E-state index contributed by atoms with van der Waals surface area (Å²) in [5.74, 6) is -0.562. The van der Waals surface area contributed by atoms with E-state index in [0.717, 1.165) is 64.2 Å². The number of rotatable bonds is 62. The Morgan fingerprint density at radius 2 is 0.765 bits per heavy atom. The van der Waals surface area contributed by atoms with Crippen molar-refractivity contribution in [1.82, 2.24) is 5.32 Å². The van der Waals surface area contributed by atoms with Crippen LogP contribution >= 0.6 is 7.82 Å². The highest BCUT2D eigenvalue weighted by Gasteiger charge is 2.30. The molecule has 0 heterocycles. The molecule has 0 rings (SSSR count). The van der Waals surface area contributed by atoms with Crippen molar-refractivity contribution in [2.24, 2.45) is 0 Å². The summed E-state index contributed by atoms with van der Waals surface area (Å²) < 4.78 is 30.7. The Hall–Kier alpha value is -2.55. The van der Waals surface area contributed by atoms with Gasteiger partial charge in [0.05, 0.1) is 33.8 Å². The van der Waals surface area contributed by atoms with Crippen molar-refractivity contribution in [3.05, 3.63) is 72.9 Å². The molecule has 81 heavy (non-hydrogen) atoms. The van der Waals surface area contributed by atoms with Gasteiger partial charge >= 0.3 is 13.8 Å². The summed E-state index contributed by atoms with van der Waals surface area (Å²) in [6.07, 6.45) is 79.2. The number of unbranched alkanes of at least 4 members (excludes halogenated alkanes) is 36. The molecule has 0 aliphatic heterocycles. The zero-order valence-corrected chi connectivity index (χ0v) is 54.9. The fraction of sp³-hybridized carbons (Fsp3) is 0.803. The third kappa shape index (κ3) is 61.8. The van der Waals surface area contributed by atoms with E-state index in [4.69, 9.17) is 13.8 Å². The van der Waals surface area contributed by atoms with E-state index >= 15 is 0 Å². The number of carbonyl (C=O) groups is 2. The minimum atomic E-state index is -4.47. The molecule has 1 amide bonds. The molecule has 3 atom stereocenters. The summed E-state index contributed by atoms with van der Waals surface area (Å²) in [7, 11) is 1.47. The number of hydrogen-bond donors (Lipinski definition) is 2. The number of phosphoric ester groups is 1. The highest BCUT2D eigenvalue weighted by Crippen LogP contribution is 2.43. The number of ether oxygens (including phenoxy) is 1. The first-order valence-electron chi connectivity index (χ1n) is 34.3. The lowest BCUT2D eigenvalue weighted by atomic mass is 10.0. The molecular formula is C71H132N2O7P+. The summed E-state index contributed by atoms with van der Waals surface area (Å²) in [6, 6.07) is -0.879. The smallest absolute Gasteiger partial charge is 0.456 e. The second-order valence-electron chi connectivity index (χ2n) is 24.3. The Kier molecular flexibility index (Phi) is 58.7. The van der Waals surface area contributed by atoms with Crippen LogP contribution in [0.4, 0.5) is 0 Å². The SMILES string of the molecule is CCCCC/C=C\C/C=C\C/C=C\C/C=C\CCCC(=O)NC(COP(=O)(O)OCC[N+](C)(C)C)C(/C=C\CCCCCCCCCCCCC)OC(=O)CCCCCCCCCCCCCCCCC/C=C/CCCCCCCC. The first-order chi connectivity index (χ1) is 39.4. The number of esters is 1. The van der Waals surface area contributed by atoms with Gasteiger partial charge in [0.15, 0.2) is 0 Å². The molecule has 10 heteroatoms. The number of nitrogens with one attached hydrogen (secondary N) is 1. The number of hydrogen-bond acceptors (Lipinski definition) is 6. The second-order valence-corrected chi connectivity index (χ2v) is 25.8. The second kappa shape index (κ2) is 60.6. The maximum atomic E-state index is 13.6. The van der Waals surface area contributed by atoms with Crippen molar-refractivity contribution in [1.29, 1.82) is 0 Å². The molecule has 0 bridgehead atoms. The van der Waals surface area contributed by atoms with Crippen LogP contribution in [0.15, 0.2) is 72.9 Å². The molecule has 0 fully saturated rings. The Labute approximate surface area is 502 Å². The quantitative estimate of drug-likeness (QED) is 0.0205. The van der Waals surface area contributed by atoms with Crippen LogP contribution in [0.1, 0.15) is 316 Å². The van der Waals surface area contributed by atoms with Gasteiger partial charge in [-0.05, 0) is 96.0 Å². The Balaban J connectivity index is 5.17. The predicted octanol–water partition coefficient (Wildman–Crippen LogP) is 21.6. The third-order valence-corrected chi connectivity index (χ3v) is 16.1. The molecule has 0 aromatic carbocycles. The zero-order chi connectivity index (χ0) is 59.3. The van der Waals surface area contributed by atoms with E-state index < -0.39 is 20.0 Å². The summed E-state index contributed by atoms with van der Waals surface area (Å²) in [5, 5.41) is 3.03. The average Bonchev–Trinajstić information content (AvgIpc) is 3.44. The van der Waals surface area contributed by atoms with E-state index in [1.807, 2.05) is 33.3 Å². The van der Waals surface area contributed by atoms with Crippen molar-refractivity contribution >= 4 is 19.7 Å². The van der Waals surface area contributed by atoms with Crippen molar-refractivity contribution in [2.45, 2.75) is 328 Å². The zero-order valence-electron chi connectivity index (χ0n) is 54.0. The van der Waals surface area contributed by atoms with E-state index in [-0.39, 0.29) is 37.9 Å². The summed E-state index contributed by atoms with van der Waals surface area (Å²) >= 11 is 0. The van der Waals surface area contributed by atoms with Gasteiger partial charge in [-0.2, -0.15) is 0 Å². The van der Waals surface area contributed by atoms with Gasteiger partial charge in [-0.25, -0.2) is 4.57 Å². The van der Waals surface area contributed by atoms with Gasteiger partial charge in [-0.15, -0.1) is 0 Å². The average molecular weight is 1160 g/mol. The summed E-state index contributed by atoms with van der Waals surface area (Å²) in [4.78, 5) is 37.8. The van der Waals surface area contributed by atoms with Crippen LogP contribution in [0.5, 0.6) is 0 Å². The number of amides is 1. The van der Waals surface area contributed by atoms with Gasteiger partial charge in [0.25, 0.3) is 0 Å². The van der Waals surface area contributed by atoms with Crippen LogP contribution in [0.25, 0.3) is 0 Å². The molecule has 0 aliphatic carbocycles. The number of quaternary nitrogens is 1. The highest BCUT2D eigenvalue weighted by molar-refractivity contribution is 7.47. The largest absolute Gasteiger partial charge is 0.472 e. The van der Waals surface area contributed by atoms with E-state index in [1.165, 1.54) is 212 Å². The van der Waals surface area contributed by atoms with E-state index in [2.05, 4.69) is 86.8 Å². The summed E-state index contributed by atoms with van der Waals surface area (Å²) in [6.45, 7) is 6.97. The molecule has 0 aromatic rings. The van der Waals surface area contributed by atoms with Crippen LogP contribution in [-0.4, -0.2) is 74.3 Å². The van der Waals surface area contributed by atoms with Gasteiger partial charge in [-0.1, -0.05) is 280 Å². The molecule has 0 saturated heterocycles. The maximum absolute atomic E-state index is 13.6. The minimum Gasteiger partial charge on any atom is -0.456 e. The topological polar surface area (TPSA) is 111 Å². The number of carbonyl (C=O) groups excluding carboxylic acids is 2.